The van der Waals surface area contributed by atoms with Gasteiger partial charge in [-0.15, -0.1) is 0 Å². The number of carbonyl (C=O) groups excluding carboxylic acids is 2. The van der Waals surface area contributed by atoms with Gasteiger partial charge in [-0.05, 0) is 42.9 Å². The van der Waals surface area contributed by atoms with Gasteiger partial charge in [0.05, 0.1) is 11.5 Å². The highest BCUT2D eigenvalue weighted by atomic mass is 16.2. The van der Waals surface area contributed by atoms with Crippen LogP contribution in [0.4, 0.5) is 17.5 Å². The van der Waals surface area contributed by atoms with Crippen molar-refractivity contribution in [2.24, 2.45) is 11.8 Å². The summed E-state index contributed by atoms with van der Waals surface area (Å²) in [6.07, 6.45) is 1.02. The number of benzene rings is 1. The van der Waals surface area contributed by atoms with Crippen LogP contribution in [0.2, 0.25) is 0 Å². The zero-order chi connectivity index (χ0) is 23.0. The van der Waals surface area contributed by atoms with Gasteiger partial charge in [-0.25, -0.2) is 0 Å². The summed E-state index contributed by atoms with van der Waals surface area (Å²) >= 11 is 0. The van der Waals surface area contributed by atoms with Crippen LogP contribution in [0.3, 0.4) is 0 Å². The second-order valence-corrected chi connectivity index (χ2v) is 9.15. The Morgan fingerprint density at radius 2 is 1.81 bits per heavy atom. The van der Waals surface area contributed by atoms with Crippen LogP contribution in [0.1, 0.15) is 50.7 Å². The van der Waals surface area contributed by atoms with Crippen LogP contribution in [-0.2, 0) is 9.59 Å². The van der Waals surface area contributed by atoms with E-state index in [9.17, 15) is 14.4 Å². The van der Waals surface area contributed by atoms with Crippen molar-refractivity contribution in [2.75, 3.05) is 28.6 Å². The normalized spacial score (nSPS) is 22.7. The third-order valence-electron chi connectivity index (χ3n) is 6.07. The molecule has 3 heterocycles. The molecule has 8 heteroatoms. The van der Waals surface area contributed by atoms with Gasteiger partial charge in [-0.3, -0.25) is 19.4 Å². The summed E-state index contributed by atoms with van der Waals surface area (Å²) in [6, 6.07) is 7.27. The first-order valence-electron chi connectivity index (χ1n) is 11.0. The molecule has 1 saturated heterocycles. The number of piperidine rings is 1. The number of H-pyrrole nitrogens is 1. The number of anilines is 3. The second-order valence-electron chi connectivity index (χ2n) is 9.15. The molecule has 3 atom stereocenters. The standard InChI is InChI=1S/C24H29N5O3/c1-13(2)16-5-7-17(8-6-16)25-22(31)18-10-19(30)26-21-20(18)23(32)28-24(27-21)29-11-14(3)9-15(4)12-29/h5-8,14-15,18H,1,9-12H2,2-4H3,(H,25,31)(H2,26,27,28,30,32). The summed E-state index contributed by atoms with van der Waals surface area (Å²) in [5, 5.41) is 5.50. The zero-order valence-corrected chi connectivity index (χ0v) is 18.7. The Hall–Kier alpha value is -3.42. The van der Waals surface area contributed by atoms with Crippen LogP contribution in [0.25, 0.3) is 5.57 Å². The molecule has 2 aliphatic heterocycles. The fourth-order valence-corrected chi connectivity index (χ4v) is 4.64. The van der Waals surface area contributed by atoms with E-state index in [1.165, 1.54) is 0 Å². The first-order valence-corrected chi connectivity index (χ1v) is 11.0. The van der Waals surface area contributed by atoms with E-state index in [0.717, 1.165) is 30.6 Å². The molecule has 1 aromatic carbocycles. The lowest BCUT2D eigenvalue weighted by Gasteiger charge is -2.35. The first-order chi connectivity index (χ1) is 15.2. The van der Waals surface area contributed by atoms with Crippen molar-refractivity contribution in [3.8, 4) is 0 Å². The van der Waals surface area contributed by atoms with E-state index < -0.39 is 17.4 Å². The molecule has 0 saturated carbocycles. The number of nitrogens with one attached hydrogen (secondary N) is 3. The van der Waals surface area contributed by atoms with Crippen LogP contribution in [0, 0.1) is 11.8 Å². The van der Waals surface area contributed by atoms with Gasteiger partial charge in [0.25, 0.3) is 5.56 Å². The minimum absolute atomic E-state index is 0.107. The molecule has 168 valence electrons. The van der Waals surface area contributed by atoms with Crippen molar-refractivity contribution in [3.63, 3.8) is 0 Å². The van der Waals surface area contributed by atoms with Crippen molar-refractivity contribution in [2.45, 2.75) is 39.5 Å². The maximum absolute atomic E-state index is 13.0. The number of carbonyl (C=O) groups is 2. The molecule has 0 aliphatic carbocycles. The second kappa shape index (κ2) is 8.61. The van der Waals surface area contributed by atoms with Gasteiger partial charge >= 0.3 is 0 Å². The van der Waals surface area contributed by atoms with Crippen LogP contribution in [0.5, 0.6) is 0 Å². The van der Waals surface area contributed by atoms with Crippen molar-refractivity contribution in [3.05, 3.63) is 52.3 Å². The minimum atomic E-state index is -0.913. The average Bonchev–Trinajstić information content (AvgIpc) is 2.72. The lowest BCUT2D eigenvalue weighted by molar-refractivity contribution is -0.123. The van der Waals surface area contributed by atoms with Crippen LogP contribution < -0.4 is 21.1 Å². The Morgan fingerprint density at radius 1 is 1.16 bits per heavy atom. The molecule has 1 aromatic heterocycles. The predicted octanol–water partition coefficient (Wildman–Crippen LogP) is 3.35. The Balaban J connectivity index is 1.61. The van der Waals surface area contributed by atoms with E-state index >= 15 is 0 Å². The largest absolute Gasteiger partial charge is 0.342 e. The molecule has 2 aliphatic rings. The van der Waals surface area contributed by atoms with Gasteiger partial charge < -0.3 is 15.5 Å². The number of nitrogens with zero attached hydrogens (tertiary/aromatic N) is 2. The summed E-state index contributed by atoms with van der Waals surface area (Å²) in [5.74, 6) is -0.102. The Kier molecular flexibility index (Phi) is 5.86. The molecule has 0 radical (unpaired) electrons. The maximum Gasteiger partial charge on any atom is 0.258 e. The highest BCUT2D eigenvalue weighted by molar-refractivity contribution is 6.04. The van der Waals surface area contributed by atoms with Crippen molar-refractivity contribution < 1.29 is 9.59 Å². The van der Waals surface area contributed by atoms with E-state index in [0.29, 0.717) is 23.5 Å². The van der Waals surface area contributed by atoms with Crippen molar-refractivity contribution in [1.29, 1.82) is 0 Å². The van der Waals surface area contributed by atoms with Gasteiger partial charge in [0.1, 0.15) is 5.82 Å². The Labute approximate surface area is 187 Å². The van der Waals surface area contributed by atoms with E-state index in [-0.39, 0.29) is 23.7 Å². The molecule has 4 rings (SSSR count). The number of aromatic amines is 1. The smallest absolute Gasteiger partial charge is 0.258 e. The van der Waals surface area contributed by atoms with Gasteiger partial charge in [-0.2, -0.15) is 4.98 Å². The van der Waals surface area contributed by atoms with E-state index in [4.69, 9.17) is 0 Å². The van der Waals surface area contributed by atoms with Gasteiger partial charge in [-0.1, -0.05) is 38.1 Å². The molecular formula is C24H29N5O3. The number of rotatable bonds is 4. The first kappa shape index (κ1) is 21.8. The number of hydrogen-bond acceptors (Lipinski definition) is 5. The Bertz CT molecular complexity index is 1110. The number of aromatic nitrogens is 2. The molecule has 2 amide bonds. The maximum atomic E-state index is 13.0. The SMILES string of the molecule is C=C(C)c1ccc(NC(=O)C2CC(=O)Nc3nc(N4CC(C)CC(C)C4)[nH]c(=O)c32)cc1. The van der Waals surface area contributed by atoms with E-state index in [1.807, 2.05) is 24.0 Å². The lowest BCUT2D eigenvalue weighted by Crippen LogP contribution is -2.42. The summed E-state index contributed by atoms with van der Waals surface area (Å²) in [4.78, 5) is 47.8. The van der Waals surface area contributed by atoms with Crippen LogP contribution in [-0.4, -0.2) is 34.9 Å². The van der Waals surface area contributed by atoms with Gasteiger partial charge in [0.2, 0.25) is 17.8 Å². The molecule has 2 aromatic rings. The predicted molar refractivity (Wildman–Crippen MR) is 126 cm³/mol. The summed E-state index contributed by atoms with van der Waals surface area (Å²) in [5.41, 5.74) is 2.28. The molecule has 0 spiro atoms. The van der Waals surface area contributed by atoms with Gasteiger partial charge in [0.15, 0.2) is 0 Å². The van der Waals surface area contributed by atoms with Crippen molar-refractivity contribution in [1.82, 2.24) is 9.97 Å². The topological polar surface area (TPSA) is 107 Å². The number of fused-ring (bicyclic) bond motifs is 1. The highest BCUT2D eigenvalue weighted by Gasteiger charge is 2.35. The quantitative estimate of drug-likeness (QED) is 0.683. The molecule has 32 heavy (non-hydrogen) atoms. The monoisotopic (exact) mass is 435 g/mol. The molecule has 3 unspecified atom stereocenters. The van der Waals surface area contributed by atoms with Crippen LogP contribution >= 0.6 is 0 Å². The summed E-state index contributed by atoms with van der Waals surface area (Å²) < 4.78 is 0. The highest BCUT2D eigenvalue weighted by Crippen LogP contribution is 2.31. The molecule has 0 bridgehead atoms. The minimum Gasteiger partial charge on any atom is -0.342 e. The van der Waals surface area contributed by atoms with Gasteiger partial charge in [0, 0.05) is 25.2 Å². The van der Waals surface area contributed by atoms with E-state index in [1.54, 1.807) is 12.1 Å². The third kappa shape index (κ3) is 4.44. The fourth-order valence-electron chi connectivity index (χ4n) is 4.64. The average molecular weight is 436 g/mol. The lowest BCUT2D eigenvalue weighted by atomic mass is 9.91. The summed E-state index contributed by atoms with van der Waals surface area (Å²) in [7, 11) is 0. The molecular weight excluding hydrogens is 406 g/mol. The zero-order valence-electron chi connectivity index (χ0n) is 18.7. The number of allylic oxidation sites excluding steroid dienone is 1. The molecule has 1 fully saturated rings. The molecule has 3 N–H and O–H groups in total. The van der Waals surface area contributed by atoms with Crippen molar-refractivity contribution >= 4 is 34.8 Å². The number of amides is 2. The fraction of sp³-hybridized carbons (Fsp3) is 0.417. The van der Waals surface area contributed by atoms with E-state index in [2.05, 4.69) is 41.0 Å². The van der Waals surface area contributed by atoms with Crippen LogP contribution in [0.15, 0.2) is 35.6 Å². The molecule has 8 nitrogen and oxygen atoms in total. The third-order valence-corrected chi connectivity index (χ3v) is 6.07. The Morgan fingerprint density at radius 3 is 2.44 bits per heavy atom. The summed E-state index contributed by atoms with van der Waals surface area (Å²) in [6.45, 7) is 11.7. The number of hydrogen-bond donors (Lipinski definition) is 3.